The molecular weight excluding hydrogens is 326 g/mol. The Hall–Kier alpha value is -2.79. The fraction of sp³-hybridized carbons (Fsp3) is 0.250. The molecule has 0 saturated carbocycles. The van der Waals surface area contributed by atoms with Gasteiger partial charge in [-0.3, -0.25) is 9.36 Å². The summed E-state index contributed by atoms with van der Waals surface area (Å²) in [6.07, 6.45) is 3.31. The minimum Gasteiger partial charge on any atom is -0.469 e. The smallest absolute Gasteiger partial charge is 0.192 e. The first-order valence-corrected chi connectivity index (χ1v) is 8.09. The molecule has 0 spiro atoms. The van der Waals surface area contributed by atoms with E-state index in [1.165, 1.54) is 18.7 Å². The van der Waals surface area contributed by atoms with Crippen molar-refractivity contribution in [3.05, 3.63) is 42.0 Å². The first-order chi connectivity index (χ1) is 11.5. The fourth-order valence-electron chi connectivity index (χ4n) is 2.08. The Morgan fingerprint density at radius 3 is 2.88 bits per heavy atom. The van der Waals surface area contributed by atoms with E-state index >= 15 is 0 Å². The number of hydrogen-bond acceptors (Lipinski definition) is 7. The predicted octanol–water partition coefficient (Wildman–Crippen LogP) is 2.45. The lowest BCUT2D eigenvalue weighted by Crippen LogP contribution is -2.11. The van der Waals surface area contributed by atoms with Gasteiger partial charge in [0, 0.05) is 12.2 Å². The van der Waals surface area contributed by atoms with Crippen LogP contribution in [0.5, 0.6) is 0 Å². The van der Waals surface area contributed by atoms with Crippen LogP contribution < -0.4 is 5.73 Å². The number of aromatic nitrogens is 3. The van der Waals surface area contributed by atoms with Crippen molar-refractivity contribution in [2.75, 3.05) is 5.75 Å². The highest BCUT2D eigenvalue weighted by Crippen LogP contribution is 2.27. The van der Waals surface area contributed by atoms with E-state index in [0.717, 1.165) is 11.3 Å². The molecule has 2 aromatic heterocycles. The standard InChI is InChI=1S/C16H17N5O2S/c1-4-6-21-15(12-5-7-23-11(12)3)19-20-16(21)24-9-14(22)13(8-17)10(2)18/h4-5,7H,1,6,9,18H2,2-3H3/b13-10-. The lowest BCUT2D eigenvalue weighted by Gasteiger charge is -2.07. The molecular formula is C16H17N5O2S. The van der Waals surface area contributed by atoms with Gasteiger partial charge >= 0.3 is 0 Å². The summed E-state index contributed by atoms with van der Waals surface area (Å²) in [5.41, 5.74) is 6.57. The summed E-state index contributed by atoms with van der Waals surface area (Å²) in [5, 5.41) is 17.9. The van der Waals surface area contributed by atoms with E-state index in [-0.39, 0.29) is 22.8 Å². The monoisotopic (exact) mass is 343 g/mol. The van der Waals surface area contributed by atoms with E-state index in [1.54, 1.807) is 12.3 Å². The lowest BCUT2D eigenvalue weighted by atomic mass is 10.2. The maximum absolute atomic E-state index is 12.1. The number of carbonyl (C=O) groups is 1. The topological polar surface area (TPSA) is 111 Å². The van der Waals surface area contributed by atoms with Crippen molar-refractivity contribution < 1.29 is 9.21 Å². The van der Waals surface area contributed by atoms with Crippen LogP contribution in [0.2, 0.25) is 0 Å². The molecule has 2 heterocycles. The molecule has 7 nitrogen and oxygen atoms in total. The number of aryl methyl sites for hydroxylation is 1. The molecule has 8 heteroatoms. The van der Waals surface area contributed by atoms with Crippen LogP contribution in [0.4, 0.5) is 0 Å². The van der Waals surface area contributed by atoms with Gasteiger partial charge < -0.3 is 10.2 Å². The molecule has 0 saturated heterocycles. The molecule has 0 unspecified atom stereocenters. The van der Waals surface area contributed by atoms with E-state index in [2.05, 4.69) is 16.8 Å². The van der Waals surface area contributed by atoms with Gasteiger partial charge in [0.15, 0.2) is 16.8 Å². The molecule has 0 radical (unpaired) electrons. The van der Waals surface area contributed by atoms with Gasteiger partial charge in [-0.15, -0.1) is 16.8 Å². The number of nitriles is 1. The molecule has 0 fully saturated rings. The van der Waals surface area contributed by atoms with E-state index in [9.17, 15) is 4.79 Å². The molecule has 0 atom stereocenters. The summed E-state index contributed by atoms with van der Waals surface area (Å²) in [6, 6.07) is 3.65. The number of nitrogens with zero attached hydrogens (tertiary/aromatic N) is 4. The van der Waals surface area contributed by atoms with E-state index in [4.69, 9.17) is 15.4 Å². The van der Waals surface area contributed by atoms with Gasteiger partial charge in [-0.05, 0) is 19.9 Å². The minimum atomic E-state index is -0.336. The second-order valence-electron chi connectivity index (χ2n) is 4.98. The van der Waals surface area contributed by atoms with Crippen LogP contribution in [0, 0.1) is 18.3 Å². The summed E-state index contributed by atoms with van der Waals surface area (Å²) in [7, 11) is 0. The van der Waals surface area contributed by atoms with Crippen LogP contribution >= 0.6 is 11.8 Å². The predicted molar refractivity (Wildman–Crippen MR) is 90.9 cm³/mol. The average Bonchev–Trinajstić information content (AvgIpc) is 3.12. The molecule has 0 aliphatic carbocycles. The number of ketones is 1. The zero-order valence-corrected chi connectivity index (χ0v) is 14.3. The third-order valence-corrected chi connectivity index (χ3v) is 4.21. The molecule has 0 aliphatic rings. The van der Waals surface area contributed by atoms with Crippen molar-refractivity contribution >= 4 is 17.5 Å². The van der Waals surface area contributed by atoms with Crippen LogP contribution in [-0.4, -0.2) is 26.3 Å². The summed E-state index contributed by atoms with van der Waals surface area (Å²) >= 11 is 1.20. The van der Waals surface area contributed by atoms with Gasteiger partial charge in [0.05, 0.1) is 17.6 Å². The second-order valence-corrected chi connectivity index (χ2v) is 5.92. The van der Waals surface area contributed by atoms with Crippen molar-refractivity contribution in [3.8, 4) is 17.5 Å². The van der Waals surface area contributed by atoms with Crippen LogP contribution in [0.1, 0.15) is 12.7 Å². The number of carbonyl (C=O) groups excluding carboxylic acids is 1. The molecule has 0 aliphatic heterocycles. The summed E-state index contributed by atoms with van der Waals surface area (Å²) in [6.45, 7) is 7.59. The lowest BCUT2D eigenvalue weighted by molar-refractivity contribution is -0.112. The number of thioether (sulfide) groups is 1. The number of hydrogen-bond donors (Lipinski definition) is 1. The second kappa shape index (κ2) is 7.66. The van der Waals surface area contributed by atoms with Crippen molar-refractivity contribution in [1.29, 1.82) is 5.26 Å². The van der Waals surface area contributed by atoms with Gasteiger partial charge in [-0.1, -0.05) is 17.8 Å². The summed E-state index contributed by atoms with van der Waals surface area (Å²) in [5.74, 6) is 1.09. The van der Waals surface area contributed by atoms with Crippen LogP contribution in [0.25, 0.3) is 11.4 Å². The van der Waals surface area contributed by atoms with Gasteiger partial charge in [0.2, 0.25) is 0 Å². The first kappa shape index (κ1) is 17.6. The van der Waals surface area contributed by atoms with E-state index in [1.807, 2.05) is 23.6 Å². The fourth-order valence-corrected chi connectivity index (χ4v) is 2.90. The third-order valence-electron chi connectivity index (χ3n) is 3.25. The Kier molecular flexibility index (Phi) is 5.60. The zero-order valence-electron chi connectivity index (χ0n) is 13.4. The third kappa shape index (κ3) is 3.58. The molecule has 2 rings (SSSR count). The molecule has 0 bridgehead atoms. The molecule has 0 aromatic carbocycles. The Balaban J connectivity index is 2.26. The maximum atomic E-state index is 12.1. The number of nitrogens with two attached hydrogens (primary N) is 1. The number of furan rings is 1. The number of allylic oxidation sites excluding steroid dienone is 3. The highest BCUT2D eigenvalue weighted by Gasteiger charge is 2.19. The van der Waals surface area contributed by atoms with Crippen molar-refractivity contribution in [2.24, 2.45) is 5.73 Å². The van der Waals surface area contributed by atoms with Crippen molar-refractivity contribution in [3.63, 3.8) is 0 Å². The van der Waals surface area contributed by atoms with Gasteiger partial charge in [0.1, 0.15) is 17.4 Å². The first-order valence-electron chi connectivity index (χ1n) is 7.10. The largest absolute Gasteiger partial charge is 0.469 e. The molecule has 124 valence electrons. The Morgan fingerprint density at radius 1 is 1.58 bits per heavy atom. The highest BCUT2D eigenvalue weighted by molar-refractivity contribution is 7.99. The van der Waals surface area contributed by atoms with Gasteiger partial charge in [-0.25, -0.2) is 0 Å². The van der Waals surface area contributed by atoms with Crippen molar-refractivity contribution in [2.45, 2.75) is 25.5 Å². The SMILES string of the molecule is C=CCn1c(SCC(=O)/C(C#N)=C(/C)N)nnc1-c1ccoc1C. The molecule has 2 aromatic rings. The number of Topliss-reactive ketones (excluding diaryl/α,β-unsaturated/α-hetero) is 1. The van der Waals surface area contributed by atoms with E-state index in [0.29, 0.717) is 17.5 Å². The normalized spacial score (nSPS) is 11.7. The van der Waals surface area contributed by atoms with Crippen LogP contribution in [-0.2, 0) is 11.3 Å². The number of rotatable bonds is 7. The maximum Gasteiger partial charge on any atom is 0.192 e. The molecule has 24 heavy (non-hydrogen) atoms. The van der Waals surface area contributed by atoms with E-state index < -0.39 is 0 Å². The highest BCUT2D eigenvalue weighted by atomic mass is 32.2. The Morgan fingerprint density at radius 2 is 2.33 bits per heavy atom. The quantitative estimate of drug-likeness (QED) is 0.356. The zero-order chi connectivity index (χ0) is 17.7. The molecule has 2 N–H and O–H groups in total. The van der Waals surface area contributed by atoms with Crippen LogP contribution in [0.15, 0.2) is 45.8 Å². The summed E-state index contributed by atoms with van der Waals surface area (Å²) < 4.78 is 7.15. The van der Waals surface area contributed by atoms with Gasteiger partial charge in [-0.2, -0.15) is 5.26 Å². The van der Waals surface area contributed by atoms with Crippen LogP contribution in [0.3, 0.4) is 0 Å². The Bertz CT molecular complexity index is 837. The molecule has 0 amide bonds. The Labute approximate surface area is 143 Å². The van der Waals surface area contributed by atoms with Gasteiger partial charge in [0.25, 0.3) is 0 Å². The summed E-state index contributed by atoms with van der Waals surface area (Å²) in [4.78, 5) is 12.1. The minimum absolute atomic E-state index is 0.0248. The van der Waals surface area contributed by atoms with Crippen molar-refractivity contribution in [1.82, 2.24) is 14.8 Å². The average molecular weight is 343 g/mol.